The number of alkyl halides is 5. The molecule has 2 rings (SSSR count). The lowest BCUT2D eigenvalue weighted by Gasteiger charge is -2.29. The predicted octanol–water partition coefficient (Wildman–Crippen LogP) is 2.39. The highest BCUT2D eigenvalue weighted by Gasteiger charge is 2.57. The normalized spacial score (nSPS) is 19.6. The van der Waals surface area contributed by atoms with Crippen molar-refractivity contribution in [2.45, 2.75) is 45.0 Å². The van der Waals surface area contributed by atoms with Crippen LogP contribution in [0.5, 0.6) is 5.75 Å². The maximum Gasteiger partial charge on any atom is 0.455 e. The van der Waals surface area contributed by atoms with E-state index in [0.29, 0.717) is 0 Å². The zero-order chi connectivity index (χ0) is 24.6. The van der Waals surface area contributed by atoms with Gasteiger partial charge >= 0.3 is 12.1 Å². The average Bonchev–Trinajstić information content (AvgIpc) is 2.76. The lowest BCUT2D eigenvalue weighted by atomic mass is 9.90. The van der Waals surface area contributed by atoms with Crippen LogP contribution in [0.15, 0.2) is 18.2 Å². The van der Waals surface area contributed by atoms with Crippen LogP contribution in [0.4, 0.5) is 32.0 Å². The molecule has 2 N–H and O–H groups in total. The van der Waals surface area contributed by atoms with E-state index in [1.54, 1.807) is 0 Å². The van der Waals surface area contributed by atoms with Gasteiger partial charge in [-0.15, -0.1) is 0 Å². The summed E-state index contributed by atoms with van der Waals surface area (Å²) < 4.78 is 82.2. The van der Waals surface area contributed by atoms with E-state index < -0.39 is 59.7 Å². The van der Waals surface area contributed by atoms with Crippen LogP contribution in [0, 0.1) is 11.2 Å². The number of likely N-dealkylation sites (N-methyl/N-ethyl adjacent to an activating group) is 1. The first-order valence-corrected chi connectivity index (χ1v) is 9.26. The zero-order valence-electron chi connectivity index (χ0n) is 17.4. The van der Waals surface area contributed by atoms with Gasteiger partial charge in [-0.1, -0.05) is 0 Å². The summed E-state index contributed by atoms with van der Waals surface area (Å²) in [6.07, 6.45) is -6.88. The summed E-state index contributed by atoms with van der Waals surface area (Å²) in [5.41, 5.74) is -2.03. The molecule has 1 heterocycles. The van der Waals surface area contributed by atoms with Gasteiger partial charge in [-0.2, -0.15) is 22.0 Å². The van der Waals surface area contributed by atoms with Gasteiger partial charge in [0.05, 0.1) is 12.2 Å². The topological polar surface area (TPSA) is 87.7 Å². The number of hydrogen-bond acceptors (Lipinski definition) is 4. The van der Waals surface area contributed by atoms with E-state index in [9.17, 15) is 40.7 Å². The van der Waals surface area contributed by atoms with Crippen LogP contribution in [-0.4, -0.2) is 55.6 Å². The van der Waals surface area contributed by atoms with E-state index in [-0.39, 0.29) is 11.4 Å². The number of carbonyl (C=O) groups is 3. The Labute approximate surface area is 179 Å². The fourth-order valence-corrected chi connectivity index (χ4v) is 2.77. The number of fused-ring (bicyclic) bond motifs is 1. The van der Waals surface area contributed by atoms with Gasteiger partial charge in [0.15, 0.2) is 0 Å². The summed E-state index contributed by atoms with van der Waals surface area (Å²) in [5, 5.41) is 3.68. The molecule has 0 fully saturated rings. The third-order valence-electron chi connectivity index (χ3n) is 4.97. The van der Waals surface area contributed by atoms with Gasteiger partial charge < -0.3 is 20.3 Å². The SMILES string of the molecule is C[C@H]1Oc2ccc(F)cc2N(C)C(=O)[C@H]1NC(=O)C(C)(C)C(=O)NCC(F)(F)C(F)(F)F. The minimum atomic E-state index is -5.88. The molecule has 0 bridgehead atoms. The van der Waals surface area contributed by atoms with Gasteiger partial charge in [-0.3, -0.25) is 14.4 Å². The van der Waals surface area contributed by atoms with Crippen molar-refractivity contribution in [1.29, 1.82) is 0 Å². The van der Waals surface area contributed by atoms with Crippen LogP contribution >= 0.6 is 0 Å². The number of carbonyl (C=O) groups excluding carboxylic acids is 3. The van der Waals surface area contributed by atoms with Crippen LogP contribution in [0.2, 0.25) is 0 Å². The second-order valence-electron chi connectivity index (χ2n) is 7.79. The Balaban J connectivity index is 2.16. The number of rotatable bonds is 5. The summed E-state index contributed by atoms with van der Waals surface area (Å²) in [6, 6.07) is 2.06. The molecule has 2 atom stereocenters. The average molecular weight is 469 g/mol. The van der Waals surface area contributed by atoms with E-state index in [1.165, 1.54) is 25.4 Å². The van der Waals surface area contributed by atoms with Gasteiger partial charge in [-0.25, -0.2) is 4.39 Å². The molecule has 1 aliphatic heterocycles. The molecule has 0 saturated carbocycles. The van der Waals surface area contributed by atoms with E-state index >= 15 is 0 Å². The van der Waals surface area contributed by atoms with Gasteiger partial charge in [0.2, 0.25) is 11.8 Å². The van der Waals surface area contributed by atoms with Crippen LogP contribution in [0.1, 0.15) is 20.8 Å². The third kappa shape index (κ3) is 4.91. The highest BCUT2D eigenvalue weighted by molar-refractivity contribution is 6.07. The first kappa shape index (κ1) is 25.3. The van der Waals surface area contributed by atoms with Crippen molar-refractivity contribution >= 4 is 23.4 Å². The molecule has 32 heavy (non-hydrogen) atoms. The molecule has 0 aliphatic carbocycles. The van der Waals surface area contributed by atoms with Crippen molar-refractivity contribution < 1.29 is 45.5 Å². The van der Waals surface area contributed by atoms with Crippen LogP contribution in [0.3, 0.4) is 0 Å². The van der Waals surface area contributed by atoms with E-state index in [4.69, 9.17) is 4.74 Å². The second-order valence-corrected chi connectivity index (χ2v) is 7.79. The molecule has 7 nitrogen and oxygen atoms in total. The number of hydrogen-bond donors (Lipinski definition) is 2. The summed E-state index contributed by atoms with van der Waals surface area (Å²) in [4.78, 5) is 38.7. The highest BCUT2D eigenvalue weighted by Crippen LogP contribution is 2.35. The Kier molecular flexibility index (Phi) is 6.72. The zero-order valence-corrected chi connectivity index (χ0v) is 17.4. The van der Waals surface area contributed by atoms with Gasteiger partial charge in [0.1, 0.15) is 29.1 Å². The Hall–Kier alpha value is -2.99. The molecule has 0 saturated heterocycles. The number of benzene rings is 1. The fourth-order valence-electron chi connectivity index (χ4n) is 2.77. The summed E-state index contributed by atoms with van der Waals surface area (Å²) in [7, 11) is 1.30. The Morgan fingerprint density at radius 2 is 1.72 bits per heavy atom. The maximum atomic E-state index is 13.6. The quantitative estimate of drug-likeness (QED) is 0.512. The Bertz CT molecular complexity index is 919. The second kappa shape index (κ2) is 8.51. The maximum absolute atomic E-state index is 13.6. The standard InChI is InChI=1S/C19H21F6N3O4/c1-9-13(14(29)28(4)11-7-10(20)5-6-12(11)32-9)27-16(31)17(2,3)15(30)26-8-18(21,22)19(23,24)25/h5-7,9,13H,8H2,1-4H3,(H,26,30)(H,27,31)/t9-,13+/m1/s1. The molecular weight excluding hydrogens is 448 g/mol. The number of anilines is 1. The van der Waals surface area contributed by atoms with Crippen molar-refractivity contribution in [3.05, 3.63) is 24.0 Å². The van der Waals surface area contributed by atoms with Crippen molar-refractivity contribution in [1.82, 2.24) is 10.6 Å². The van der Waals surface area contributed by atoms with E-state index in [1.807, 2.05) is 0 Å². The van der Waals surface area contributed by atoms with Crippen molar-refractivity contribution in [3.63, 3.8) is 0 Å². The number of ether oxygens (including phenoxy) is 1. The number of nitrogens with zero attached hydrogens (tertiary/aromatic N) is 1. The molecule has 1 aromatic rings. The Morgan fingerprint density at radius 1 is 1.12 bits per heavy atom. The molecule has 3 amide bonds. The number of amides is 3. The number of nitrogens with one attached hydrogen (secondary N) is 2. The van der Waals surface area contributed by atoms with Gasteiger partial charge in [0, 0.05) is 13.1 Å². The van der Waals surface area contributed by atoms with Gasteiger partial charge in [0.25, 0.3) is 5.91 Å². The number of halogens is 6. The molecular formula is C19H21F6N3O4. The van der Waals surface area contributed by atoms with E-state index in [0.717, 1.165) is 30.9 Å². The summed E-state index contributed by atoms with van der Waals surface area (Å²) in [6.45, 7) is 1.34. The van der Waals surface area contributed by atoms with Crippen molar-refractivity contribution in [3.8, 4) is 5.75 Å². The molecule has 178 valence electrons. The lowest BCUT2D eigenvalue weighted by Crippen LogP contribution is -2.59. The molecule has 1 aliphatic rings. The first-order valence-electron chi connectivity index (χ1n) is 9.26. The molecule has 0 spiro atoms. The van der Waals surface area contributed by atoms with Crippen LogP contribution < -0.4 is 20.3 Å². The van der Waals surface area contributed by atoms with E-state index in [2.05, 4.69) is 5.32 Å². The molecule has 0 unspecified atom stereocenters. The Morgan fingerprint density at radius 3 is 2.28 bits per heavy atom. The highest BCUT2D eigenvalue weighted by atomic mass is 19.4. The molecule has 13 heteroatoms. The molecule has 0 radical (unpaired) electrons. The van der Waals surface area contributed by atoms with Crippen molar-refractivity contribution in [2.24, 2.45) is 5.41 Å². The van der Waals surface area contributed by atoms with Crippen molar-refractivity contribution in [2.75, 3.05) is 18.5 Å². The smallest absolute Gasteiger partial charge is 0.455 e. The van der Waals surface area contributed by atoms with Crippen LogP contribution in [-0.2, 0) is 14.4 Å². The molecule has 0 aromatic heterocycles. The van der Waals surface area contributed by atoms with Crippen LogP contribution in [0.25, 0.3) is 0 Å². The third-order valence-corrected chi connectivity index (χ3v) is 4.97. The summed E-state index contributed by atoms with van der Waals surface area (Å²) >= 11 is 0. The largest absolute Gasteiger partial charge is 0.486 e. The minimum Gasteiger partial charge on any atom is -0.486 e. The molecule has 1 aromatic carbocycles. The first-order chi connectivity index (χ1) is 14.5. The lowest BCUT2D eigenvalue weighted by molar-refractivity contribution is -0.278. The monoisotopic (exact) mass is 469 g/mol. The fraction of sp³-hybridized carbons (Fsp3) is 0.526. The predicted molar refractivity (Wildman–Crippen MR) is 99.6 cm³/mol. The summed E-state index contributed by atoms with van der Waals surface area (Å²) in [5.74, 6) is -8.95. The minimum absolute atomic E-state index is 0.0879. The van der Waals surface area contributed by atoms with Gasteiger partial charge in [-0.05, 0) is 32.9 Å².